The molecule has 0 aliphatic heterocycles. The van der Waals surface area contributed by atoms with Gasteiger partial charge in [0.1, 0.15) is 5.75 Å². The van der Waals surface area contributed by atoms with Gasteiger partial charge in [0.15, 0.2) is 0 Å². The summed E-state index contributed by atoms with van der Waals surface area (Å²) >= 11 is 5.80. The maximum Gasteiger partial charge on any atom is 0.237 e. The Kier molecular flexibility index (Phi) is 3.78. The van der Waals surface area contributed by atoms with Gasteiger partial charge in [-0.15, -0.1) is 0 Å². The van der Waals surface area contributed by atoms with Gasteiger partial charge in [0.25, 0.3) is 0 Å². The van der Waals surface area contributed by atoms with Gasteiger partial charge >= 0.3 is 0 Å². The Hall–Kier alpha value is -1.26. The van der Waals surface area contributed by atoms with Gasteiger partial charge in [0.05, 0.1) is 5.54 Å². The Morgan fingerprint density at radius 1 is 1.56 bits per heavy atom. The fourth-order valence-electron chi connectivity index (χ4n) is 1.10. The molecule has 88 valence electrons. The zero-order chi connectivity index (χ0) is 12.3. The normalized spacial score (nSPS) is 11.4. The van der Waals surface area contributed by atoms with Crippen LogP contribution in [0.25, 0.3) is 0 Å². The van der Waals surface area contributed by atoms with Crippen molar-refractivity contribution in [3.05, 3.63) is 28.8 Å². The number of carbonyl (C=O) groups excluding carboxylic acids is 1. The SMILES string of the molecule is CC(C)(NCc1cc(Cl)ccc1O)C(N)=O. The second kappa shape index (κ2) is 4.72. The molecule has 0 saturated carbocycles. The number of primary amides is 1. The molecule has 0 spiro atoms. The number of carbonyl (C=O) groups is 1. The maximum atomic E-state index is 11.1. The van der Waals surface area contributed by atoms with Crippen LogP contribution in [0.4, 0.5) is 0 Å². The first-order chi connectivity index (χ1) is 7.33. The first-order valence-corrected chi connectivity index (χ1v) is 5.23. The van der Waals surface area contributed by atoms with Gasteiger partial charge in [-0.25, -0.2) is 0 Å². The lowest BCUT2D eigenvalue weighted by molar-refractivity contribution is -0.123. The molecule has 0 saturated heterocycles. The molecule has 0 radical (unpaired) electrons. The van der Waals surface area contributed by atoms with E-state index in [0.717, 1.165) is 0 Å². The van der Waals surface area contributed by atoms with Crippen molar-refractivity contribution in [1.29, 1.82) is 0 Å². The summed E-state index contributed by atoms with van der Waals surface area (Å²) in [6.45, 7) is 3.68. The van der Waals surface area contributed by atoms with Gasteiger partial charge in [0, 0.05) is 17.1 Å². The molecule has 0 unspecified atom stereocenters. The lowest BCUT2D eigenvalue weighted by Gasteiger charge is -2.22. The van der Waals surface area contributed by atoms with Gasteiger partial charge in [-0.2, -0.15) is 0 Å². The van der Waals surface area contributed by atoms with E-state index >= 15 is 0 Å². The minimum atomic E-state index is -0.825. The molecule has 4 N–H and O–H groups in total. The van der Waals surface area contributed by atoms with Crippen molar-refractivity contribution in [3.8, 4) is 5.75 Å². The van der Waals surface area contributed by atoms with Crippen LogP contribution in [-0.2, 0) is 11.3 Å². The molecule has 1 rings (SSSR count). The van der Waals surface area contributed by atoms with Crippen molar-refractivity contribution < 1.29 is 9.90 Å². The van der Waals surface area contributed by atoms with Gasteiger partial charge in [-0.3, -0.25) is 10.1 Å². The van der Waals surface area contributed by atoms with Gasteiger partial charge in [0.2, 0.25) is 5.91 Å². The standard InChI is InChI=1S/C11H15ClN2O2/c1-11(2,10(13)16)14-6-7-5-8(12)3-4-9(7)15/h3-5,14-15H,6H2,1-2H3,(H2,13,16). The van der Waals surface area contributed by atoms with Crippen LogP contribution in [0.3, 0.4) is 0 Å². The Morgan fingerprint density at radius 2 is 2.19 bits per heavy atom. The first kappa shape index (κ1) is 12.8. The molecule has 0 aliphatic rings. The molecule has 5 heteroatoms. The van der Waals surface area contributed by atoms with Crippen LogP contribution in [0.15, 0.2) is 18.2 Å². The topological polar surface area (TPSA) is 75.3 Å². The summed E-state index contributed by atoms with van der Waals surface area (Å²) in [5.41, 5.74) is 5.01. The van der Waals surface area contributed by atoms with Gasteiger partial charge < -0.3 is 10.8 Å². The predicted molar refractivity (Wildman–Crippen MR) is 63.2 cm³/mol. The Balaban J connectivity index is 2.75. The largest absolute Gasteiger partial charge is 0.508 e. The molecule has 16 heavy (non-hydrogen) atoms. The second-order valence-electron chi connectivity index (χ2n) is 4.12. The lowest BCUT2D eigenvalue weighted by atomic mass is 10.0. The highest BCUT2D eigenvalue weighted by Gasteiger charge is 2.23. The third-order valence-corrected chi connectivity index (χ3v) is 2.61. The third kappa shape index (κ3) is 3.12. The van der Waals surface area contributed by atoms with Crippen LogP contribution >= 0.6 is 11.6 Å². The summed E-state index contributed by atoms with van der Waals surface area (Å²) < 4.78 is 0. The lowest BCUT2D eigenvalue weighted by Crippen LogP contribution is -2.50. The molecule has 0 bridgehead atoms. The number of phenolic OH excluding ortho intramolecular Hbond substituents is 1. The van der Waals surface area contributed by atoms with Crippen molar-refractivity contribution in [2.45, 2.75) is 25.9 Å². The monoisotopic (exact) mass is 242 g/mol. The quantitative estimate of drug-likeness (QED) is 0.747. The number of amides is 1. The van der Waals surface area contributed by atoms with E-state index in [2.05, 4.69) is 5.32 Å². The number of phenols is 1. The highest BCUT2D eigenvalue weighted by atomic mass is 35.5. The van der Waals surface area contributed by atoms with Gasteiger partial charge in [-0.05, 0) is 32.0 Å². The maximum absolute atomic E-state index is 11.1. The van der Waals surface area contributed by atoms with Crippen molar-refractivity contribution in [3.63, 3.8) is 0 Å². The number of nitrogens with one attached hydrogen (secondary N) is 1. The molecular weight excluding hydrogens is 228 g/mol. The number of aromatic hydroxyl groups is 1. The molecule has 0 aliphatic carbocycles. The average Bonchev–Trinajstić information content (AvgIpc) is 2.19. The van der Waals surface area contributed by atoms with Gasteiger partial charge in [-0.1, -0.05) is 11.6 Å². The van der Waals surface area contributed by atoms with Crippen LogP contribution in [0, 0.1) is 0 Å². The second-order valence-corrected chi connectivity index (χ2v) is 4.55. The fourth-order valence-corrected chi connectivity index (χ4v) is 1.29. The van der Waals surface area contributed by atoms with Crippen molar-refractivity contribution in [2.24, 2.45) is 5.73 Å². The minimum absolute atomic E-state index is 0.136. The van der Waals surface area contributed by atoms with E-state index in [1.807, 2.05) is 0 Å². The van der Waals surface area contributed by atoms with E-state index in [0.29, 0.717) is 17.1 Å². The molecule has 0 aromatic heterocycles. The molecule has 0 atom stereocenters. The third-order valence-electron chi connectivity index (χ3n) is 2.38. The molecular formula is C11H15ClN2O2. The van der Waals surface area contributed by atoms with E-state index in [9.17, 15) is 9.90 Å². The van der Waals surface area contributed by atoms with Crippen LogP contribution in [0.1, 0.15) is 19.4 Å². The summed E-state index contributed by atoms with van der Waals surface area (Å²) in [4.78, 5) is 11.1. The highest BCUT2D eigenvalue weighted by Crippen LogP contribution is 2.21. The van der Waals surface area contributed by atoms with E-state index in [-0.39, 0.29) is 5.75 Å². The molecule has 1 aromatic rings. The van der Waals surface area contributed by atoms with Crippen LogP contribution in [0.5, 0.6) is 5.75 Å². The number of hydrogen-bond acceptors (Lipinski definition) is 3. The average molecular weight is 243 g/mol. The van der Waals surface area contributed by atoms with Crippen molar-refractivity contribution in [1.82, 2.24) is 5.32 Å². The minimum Gasteiger partial charge on any atom is -0.508 e. The number of nitrogens with two attached hydrogens (primary N) is 1. The summed E-state index contributed by atoms with van der Waals surface area (Å²) in [6, 6.07) is 4.75. The van der Waals surface area contributed by atoms with Crippen molar-refractivity contribution in [2.75, 3.05) is 0 Å². The summed E-state index contributed by atoms with van der Waals surface area (Å²) in [6.07, 6.45) is 0. The molecule has 1 aromatic carbocycles. The zero-order valence-corrected chi connectivity index (χ0v) is 10.0. The summed E-state index contributed by atoms with van der Waals surface area (Å²) in [5.74, 6) is -0.314. The smallest absolute Gasteiger partial charge is 0.237 e. The Labute approximate surface area is 99.4 Å². The molecule has 0 heterocycles. The number of hydrogen-bond donors (Lipinski definition) is 3. The van der Waals surface area contributed by atoms with Crippen LogP contribution in [-0.4, -0.2) is 16.6 Å². The predicted octanol–water partition coefficient (Wildman–Crippen LogP) is 1.40. The van der Waals surface area contributed by atoms with Crippen LogP contribution in [0.2, 0.25) is 5.02 Å². The number of halogens is 1. The van der Waals surface area contributed by atoms with Crippen LogP contribution < -0.4 is 11.1 Å². The molecule has 4 nitrogen and oxygen atoms in total. The molecule has 0 fully saturated rings. The van der Waals surface area contributed by atoms with E-state index in [1.165, 1.54) is 6.07 Å². The van der Waals surface area contributed by atoms with E-state index < -0.39 is 11.4 Å². The molecule has 1 amide bonds. The fraction of sp³-hybridized carbons (Fsp3) is 0.364. The Morgan fingerprint density at radius 3 is 2.75 bits per heavy atom. The van der Waals surface area contributed by atoms with E-state index in [1.54, 1.807) is 26.0 Å². The van der Waals surface area contributed by atoms with Crippen molar-refractivity contribution >= 4 is 17.5 Å². The van der Waals surface area contributed by atoms with E-state index in [4.69, 9.17) is 17.3 Å². The Bertz CT molecular complexity index is 405. The summed E-state index contributed by atoms with van der Waals surface area (Å²) in [5, 5.41) is 13.0. The zero-order valence-electron chi connectivity index (χ0n) is 9.25. The summed E-state index contributed by atoms with van der Waals surface area (Å²) in [7, 11) is 0. The highest BCUT2D eigenvalue weighted by molar-refractivity contribution is 6.30. The number of benzene rings is 1. The first-order valence-electron chi connectivity index (χ1n) is 4.85. The number of rotatable bonds is 4.